The van der Waals surface area contributed by atoms with Gasteiger partial charge in [0.15, 0.2) is 0 Å². The van der Waals surface area contributed by atoms with Crippen LogP contribution in [0.3, 0.4) is 0 Å². The van der Waals surface area contributed by atoms with Crippen LogP contribution < -0.4 is 5.32 Å². The molecule has 2 heterocycles. The van der Waals surface area contributed by atoms with E-state index in [0.717, 1.165) is 62.4 Å². The van der Waals surface area contributed by atoms with Gasteiger partial charge in [-0.1, -0.05) is 29.8 Å². The Morgan fingerprint density at radius 2 is 1.93 bits per heavy atom. The van der Waals surface area contributed by atoms with Crippen LogP contribution in [0.1, 0.15) is 54.6 Å². The van der Waals surface area contributed by atoms with E-state index in [4.69, 9.17) is 10.2 Å². The number of aromatic nitrogens is 2. The van der Waals surface area contributed by atoms with Gasteiger partial charge in [0.25, 0.3) is 0 Å². The molecule has 1 aromatic carbocycles. The van der Waals surface area contributed by atoms with Crippen molar-refractivity contribution in [3.63, 3.8) is 0 Å². The van der Waals surface area contributed by atoms with E-state index in [2.05, 4.69) is 39.7 Å². The van der Waals surface area contributed by atoms with E-state index in [1.807, 2.05) is 6.07 Å². The number of benzene rings is 1. The van der Waals surface area contributed by atoms with Crippen LogP contribution in [0.25, 0.3) is 10.9 Å². The fourth-order valence-electron chi connectivity index (χ4n) is 4.27. The maximum atomic E-state index is 10.2. The summed E-state index contributed by atoms with van der Waals surface area (Å²) >= 11 is 0. The first-order valence-electron chi connectivity index (χ1n) is 10.8. The second-order valence-corrected chi connectivity index (χ2v) is 7.82. The number of unbranched alkanes of at least 4 members (excludes halogenated alkanes) is 2. The molecule has 156 valence electrons. The van der Waals surface area contributed by atoms with E-state index in [1.165, 1.54) is 35.2 Å². The maximum absolute atomic E-state index is 10.2. The van der Waals surface area contributed by atoms with Gasteiger partial charge in [0.1, 0.15) is 11.4 Å². The maximum Gasteiger partial charge on any atom is 0.146 e. The molecular weight excluding hydrogens is 376 g/mol. The minimum Gasteiger partial charge on any atom is -0.505 e. The Kier molecular flexibility index (Phi) is 6.42. The first-order chi connectivity index (χ1) is 14.8. The second-order valence-electron chi connectivity index (χ2n) is 7.82. The molecule has 0 aliphatic heterocycles. The largest absolute Gasteiger partial charge is 0.505 e. The van der Waals surface area contributed by atoms with Crippen LogP contribution in [-0.4, -0.2) is 33.0 Å². The van der Waals surface area contributed by atoms with Gasteiger partial charge >= 0.3 is 0 Å². The van der Waals surface area contributed by atoms with Crippen molar-refractivity contribution in [1.82, 2.24) is 9.97 Å². The number of nitrogens with one attached hydrogen (secondary N) is 1. The number of para-hydroxylation sites is 1. The Morgan fingerprint density at radius 3 is 2.83 bits per heavy atom. The smallest absolute Gasteiger partial charge is 0.146 e. The van der Waals surface area contributed by atoms with Gasteiger partial charge in [-0.15, -0.1) is 0 Å². The van der Waals surface area contributed by atoms with Gasteiger partial charge < -0.3 is 15.6 Å². The molecule has 0 spiro atoms. The van der Waals surface area contributed by atoms with Gasteiger partial charge in [-0.25, -0.2) is 0 Å². The van der Waals surface area contributed by atoms with Crippen LogP contribution >= 0.6 is 0 Å². The summed E-state index contributed by atoms with van der Waals surface area (Å²) in [7, 11) is 0. The summed E-state index contributed by atoms with van der Waals surface area (Å²) in [6, 6.07) is 10.2. The van der Waals surface area contributed by atoms with Crippen molar-refractivity contribution in [3.8, 4) is 5.75 Å². The van der Waals surface area contributed by atoms with Gasteiger partial charge in [0.2, 0.25) is 0 Å². The monoisotopic (exact) mass is 404 g/mol. The zero-order chi connectivity index (χ0) is 20.8. The summed E-state index contributed by atoms with van der Waals surface area (Å²) in [6.45, 7) is 0.922. The first kappa shape index (κ1) is 20.1. The number of hydrogen-bond acceptors (Lipinski definition) is 6. The summed E-state index contributed by atoms with van der Waals surface area (Å²) in [5, 5.41) is 26.7. The van der Waals surface area contributed by atoms with Gasteiger partial charge in [-0.2, -0.15) is 0 Å². The highest BCUT2D eigenvalue weighted by Gasteiger charge is 2.17. The fourth-order valence-corrected chi connectivity index (χ4v) is 4.27. The van der Waals surface area contributed by atoms with Crippen LogP contribution in [-0.2, 0) is 19.3 Å². The molecule has 3 N–H and O–H groups in total. The molecule has 2 aromatic heterocycles. The Bertz CT molecular complexity index is 1050. The number of pyridine rings is 2. The number of hydrogen-bond donors (Lipinski definition) is 3. The molecular formula is C24H28N4O2. The summed E-state index contributed by atoms with van der Waals surface area (Å²) in [4.78, 5) is 8.91. The number of anilines is 1. The van der Waals surface area contributed by atoms with E-state index in [1.54, 1.807) is 6.20 Å². The minimum absolute atomic E-state index is 0.100. The third-order valence-corrected chi connectivity index (χ3v) is 5.81. The van der Waals surface area contributed by atoms with Crippen molar-refractivity contribution in [2.75, 3.05) is 11.9 Å². The number of rotatable bonds is 8. The fraction of sp³-hybridized carbons (Fsp3) is 0.375. The van der Waals surface area contributed by atoms with Gasteiger partial charge in [-0.05, 0) is 68.2 Å². The molecule has 1 aliphatic carbocycles. The Morgan fingerprint density at radius 1 is 1.07 bits per heavy atom. The lowest BCUT2D eigenvalue weighted by Crippen LogP contribution is -2.12. The SMILES string of the molecule is ON=Cc1nccc(CCCCCNc2c3c(nc4ccccc24)CCCC3)c1O. The van der Waals surface area contributed by atoms with Crippen molar-refractivity contribution in [1.29, 1.82) is 0 Å². The molecule has 0 radical (unpaired) electrons. The number of aromatic hydroxyl groups is 1. The summed E-state index contributed by atoms with van der Waals surface area (Å²) in [5.74, 6) is 0.100. The molecule has 0 saturated heterocycles. The predicted molar refractivity (Wildman–Crippen MR) is 120 cm³/mol. The quantitative estimate of drug-likeness (QED) is 0.216. The molecule has 6 nitrogen and oxygen atoms in total. The number of oxime groups is 1. The normalized spacial score (nSPS) is 13.6. The van der Waals surface area contributed by atoms with Crippen molar-refractivity contribution < 1.29 is 10.3 Å². The van der Waals surface area contributed by atoms with Crippen LogP contribution in [0.2, 0.25) is 0 Å². The highest BCUT2D eigenvalue weighted by Crippen LogP contribution is 2.33. The van der Waals surface area contributed by atoms with E-state index in [0.29, 0.717) is 5.69 Å². The molecule has 0 atom stereocenters. The van der Waals surface area contributed by atoms with Crippen LogP contribution in [0.5, 0.6) is 5.75 Å². The standard InChI is InChI=1S/C24H28N4O2/c29-24-17(13-15-25-22(24)16-27-30)8-2-1-7-14-26-23-18-9-3-5-11-20(18)28-21-12-6-4-10-19(21)23/h3,5,9,11,13,15-16,29-30H,1-2,4,6-8,10,12,14H2,(H,26,28). The van der Waals surface area contributed by atoms with Gasteiger partial charge in [0, 0.05) is 29.5 Å². The van der Waals surface area contributed by atoms with Gasteiger partial charge in [0.05, 0.1) is 11.7 Å². The topological polar surface area (TPSA) is 90.6 Å². The Hall–Kier alpha value is -3.15. The average Bonchev–Trinajstić information content (AvgIpc) is 2.78. The van der Waals surface area contributed by atoms with Crippen molar-refractivity contribution >= 4 is 22.8 Å². The van der Waals surface area contributed by atoms with Crippen LogP contribution in [0.4, 0.5) is 5.69 Å². The average molecular weight is 405 g/mol. The molecule has 0 fully saturated rings. The number of fused-ring (bicyclic) bond motifs is 2. The van der Waals surface area contributed by atoms with Crippen LogP contribution in [0, 0.1) is 0 Å². The van der Waals surface area contributed by atoms with Crippen molar-refractivity contribution in [2.24, 2.45) is 5.16 Å². The van der Waals surface area contributed by atoms with Crippen LogP contribution in [0.15, 0.2) is 41.7 Å². The lowest BCUT2D eigenvalue weighted by Gasteiger charge is -2.21. The highest BCUT2D eigenvalue weighted by molar-refractivity contribution is 5.93. The van der Waals surface area contributed by atoms with E-state index < -0.39 is 0 Å². The summed E-state index contributed by atoms with van der Waals surface area (Å²) in [5.41, 5.74) is 6.15. The molecule has 30 heavy (non-hydrogen) atoms. The molecule has 4 rings (SSSR count). The third-order valence-electron chi connectivity index (χ3n) is 5.81. The molecule has 0 saturated carbocycles. The summed E-state index contributed by atoms with van der Waals surface area (Å²) in [6.07, 6.45) is 11.3. The Balaban J connectivity index is 1.34. The minimum atomic E-state index is 0.100. The second kappa shape index (κ2) is 9.57. The lowest BCUT2D eigenvalue weighted by molar-refractivity contribution is 0.321. The third kappa shape index (κ3) is 4.37. The van der Waals surface area contributed by atoms with Crippen molar-refractivity contribution in [2.45, 2.75) is 51.4 Å². The van der Waals surface area contributed by atoms with Crippen molar-refractivity contribution in [3.05, 3.63) is 59.0 Å². The predicted octanol–water partition coefficient (Wildman–Crippen LogP) is 4.85. The zero-order valence-electron chi connectivity index (χ0n) is 17.1. The molecule has 0 unspecified atom stereocenters. The Labute approximate surface area is 176 Å². The highest BCUT2D eigenvalue weighted by atomic mass is 16.4. The first-order valence-corrected chi connectivity index (χ1v) is 10.8. The van der Waals surface area contributed by atoms with Gasteiger partial charge in [-0.3, -0.25) is 9.97 Å². The summed E-state index contributed by atoms with van der Waals surface area (Å²) < 4.78 is 0. The lowest BCUT2D eigenvalue weighted by atomic mass is 9.92. The molecule has 1 aliphatic rings. The van der Waals surface area contributed by atoms with E-state index in [-0.39, 0.29) is 5.75 Å². The molecule has 3 aromatic rings. The molecule has 6 heteroatoms. The molecule has 0 amide bonds. The van der Waals surface area contributed by atoms with E-state index in [9.17, 15) is 5.11 Å². The zero-order valence-corrected chi connectivity index (χ0v) is 17.1. The number of nitrogens with zero attached hydrogens (tertiary/aromatic N) is 3. The van der Waals surface area contributed by atoms with E-state index >= 15 is 0 Å². The molecule has 0 bridgehead atoms. The number of aryl methyl sites for hydroxylation is 2.